The average Bonchev–Trinajstić information content (AvgIpc) is 2.97. The molecule has 1 aromatic carbocycles. The monoisotopic (exact) mass is 630 g/mol. The number of piperidine rings is 1. The van der Waals surface area contributed by atoms with Crippen LogP contribution in [0.4, 0.5) is 11.5 Å². The van der Waals surface area contributed by atoms with Crippen LogP contribution in [0.15, 0.2) is 42.7 Å². The van der Waals surface area contributed by atoms with Crippen LogP contribution < -0.4 is 14.5 Å². The molecular weight excluding hydrogens is 576 g/mol. The molecule has 250 valence electrons. The maximum absolute atomic E-state index is 13.7. The fourth-order valence-corrected chi connectivity index (χ4v) is 5.88. The molecule has 1 aliphatic rings. The zero-order chi connectivity index (χ0) is 33.8. The largest absolute Gasteiger partial charge is 0.491 e. The molecule has 1 atom stereocenters. The summed E-state index contributed by atoms with van der Waals surface area (Å²) in [4.78, 5) is 27.9. The topological polar surface area (TPSA) is 77.0 Å². The quantitative estimate of drug-likeness (QED) is 0.197. The molecule has 2 aromatic heterocycles. The zero-order valence-electron chi connectivity index (χ0n) is 29.9. The van der Waals surface area contributed by atoms with E-state index in [2.05, 4.69) is 55.7 Å². The number of esters is 1. The van der Waals surface area contributed by atoms with Gasteiger partial charge < -0.3 is 24.0 Å². The number of hydrogen-bond donors (Lipinski definition) is 0. The minimum atomic E-state index is -0.921. The summed E-state index contributed by atoms with van der Waals surface area (Å²) in [5.41, 5.74) is 6.31. The third kappa shape index (κ3) is 8.78. The van der Waals surface area contributed by atoms with Crippen LogP contribution in [0.25, 0.3) is 11.1 Å². The van der Waals surface area contributed by atoms with Gasteiger partial charge in [0.1, 0.15) is 18.2 Å². The van der Waals surface area contributed by atoms with Gasteiger partial charge in [-0.15, -0.1) is 0 Å². The number of aryl methyl sites for hydroxylation is 3. The van der Waals surface area contributed by atoms with E-state index in [1.54, 1.807) is 0 Å². The van der Waals surface area contributed by atoms with Crippen molar-refractivity contribution in [1.82, 2.24) is 9.97 Å². The highest BCUT2D eigenvalue weighted by Gasteiger charge is 2.37. The summed E-state index contributed by atoms with van der Waals surface area (Å²) in [6.07, 6.45) is 4.71. The van der Waals surface area contributed by atoms with Crippen LogP contribution in [-0.4, -0.2) is 60.9 Å². The van der Waals surface area contributed by atoms with Crippen molar-refractivity contribution in [3.05, 3.63) is 65.1 Å². The van der Waals surface area contributed by atoms with E-state index in [1.165, 1.54) is 0 Å². The number of carbonyl (C=O) groups excluding carboxylic acids is 1. The number of ether oxygens (including phenoxy) is 3. The second kappa shape index (κ2) is 14.4. The lowest BCUT2D eigenvalue weighted by Crippen LogP contribution is -2.39. The molecule has 0 N–H and O–H groups in total. The van der Waals surface area contributed by atoms with Gasteiger partial charge in [-0.2, -0.15) is 0 Å². The number of para-hydroxylation sites is 1. The van der Waals surface area contributed by atoms with Crippen LogP contribution in [0.3, 0.4) is 0 Å². The molecule has 4 rings (SSSR count). The van der Waals surface area contributed by atoms with Crippen molar-refractivity contribution in [2.45, 2.75) is 99.9 Å². The summed E-state index contributed by atoms with van der Waals surface area (Å²) in [6.45, 7) is 23.3. The summed E-state index contributed by atoms with van der Waals surface area (Å²) < 4.78 is 18.4. The lowest BCUT2D eigenvalue weighted by atomic mass is 9.82. The molecular formula is C38H54N4O4. The predicted octanol–water partition coefficient (Wildman–Crippen LogP) is 8.02. The van der Waals surface area contributed by atoms with Crippen molar-refractivity contribution < 1.29 is 19.0 Å². The molecule has 3 heterocycles. The summed E-state index contributed by atoms with van der Waals surface area (Å²) in [5.74, 6) is 1.40. The van der Waals surface area contributed by atoms with Gasteiger partial charge in [0.05, 0.1) is 23.9 Å². The number of anilines is 2. The number of carbonyl (C=O) groups is 1. The maximum Gasteiger partial charge on any atom is 0.340 e. The van der Waals surface area contributed by atoms with E-state index in [0.29, 0.717) is 13.2 Å². The van der Waals surface area contributed by atoms with Gasteiger partial charge in [-0.05, 0) is 96.9 Å². The Morgan fingerprint density at radius 2 is 1.65 bits per heavy atom. The van der Waals surface area contributed by atoms with Crippen LogP contribution in [-0.2, 0) is 14.3 Å². The molecule has 46 heavy (non-hydrogen) atoms. The van der Waals surface area contributed by atoms with Crippen LogP contribution in [0.1, 0.15) is 89.8 Å². The molecule has 8 nitrogen and oxygen atoms in total. The van der Waals surface area contributed by atoms with E-state index < -0.39 is 17.7 Å². The van der Waals surface area contributed by atoms with E-state index in [4.69, 9.17) is 24.2 Å². The highest BCUT2D eigenvalue weighted by atomic mass is 16.6. The van der Waals surface area contributed by atoms with Crippen LogP contribution >= 0.6 is 0 Å². The Hall–Kier alpha value is -3.65. The number of benzene rings is 1. The van der Waals surface area contributed by atoms with Gasteiger partial charge in [0, 0.05) is 54.9 Å². The third-order valence-electron chi connectivity index (χ3n) is 8.55. The normalized spacial score (nSPS) is 15.5. The Labute approximate surface area is 276 Å². The van der Waals surface area contributed by atoms with Crippen molar-refractivity contribution >= 4 is 17.5 Å². The van der Waals surface area contributed by atoms with E-state index in [-0.39, 0.29) is 11.5 Å². The molecule has 3 aromatic rings. The number of rotatable bonds is 11. The van der Waals surface area contributed by atoms with Crippen molar-refractivity contribution in [3.63, 3.8) is 0 Å². The molecule has 0 saturated carbocycles. The van der Waals surface area contributed by atoms with Gasteiger partial charge in [-0.3, -0.25) is 4.98 Å². The summed E-state index contributed by atoms with van der Waals surface area (Å²) in [5, 5.41) is 0. The van der Waals surface area contributed by atoms with Gasteiger partial charge in [0.25, 0.3) is 0 Å². The smallest absolute Gasteiger partial charge is 0.340 e. The van der Waals surface area contributed by atoms with Crippen LogP contribution in [0.2, 0.25) is 0 Å². The van der Waals surface area contributed by atoms with Gasteiger partial charge >= 0.3 is 5.97 Å². The van der Waals surface area contributed by atoms with Gasteiger partial charge in [-0.1, -0.05) is 32.0 Å². The second-order valence-electron chi connectivity index (χ2n) is 14.7. The van der Waals surface area contributed by atoms with Crippen molar-refractivity contribution in [2.75, 3.05) is 43.1 Å². The molecule has 1 saturated heterocycles. The SMILES string of the molecule is Cc1cccc(C)c1OCCN(C)c1ccc(-c2cnc(C)c([C@H](OC(C)(C)C)C(=O)OC(C)C)c2N2CCC(C)(C)CC2)cn1. The molecule has 1 fully saturated rings. The van der Waals surface area contributed by atoms with Gasteiger partial charge in [0.15, 0.2) is 6.10 Å². The van der Waals surface area contributed by atoms with Crippen molar-refractivity contribution in [3.8, 4) is 16.9 Å². The number of hydrogen-bond acceptors (Lipinski definition) is 8. The van der Waals surface area contributed by atoms with Gasteiger partial charge in [-0.25, -0.2) is 9.78 Å². The Kier molecular flexibility index (Phi) is 11.0. The molecule has 0 radical (unpaired) electrons. The van der Waals surface area contributed by atoms with E-state index in [0.717, 1.165) is 76.7 Å². The fraction of sp³-hybridized carbons (Fsp3) is 0.553. The van der Waals surface area contributed by atoms with Gasteiger partial charge in [0.2, 0.25) is 0 Å². The van der Waals surface area contributed by atoms with E-state index in [9.17, 15) is 4.79 Å². The first-order valence-corrected chi connectivity index (χ1v) is 16.6. The molecule has 0 bridgehead atoms. The first-order valence-electron chi connectivity index (χ1n) is 16.6. The summed E-state index contributed by atoms with van der Waals surface area (Å²) >= 11 is 0. The second-order valence-corrected chi connectivity index (χ2v) is 14.7. The van der Waals surface area contributed by atoms with Crippen LogP contribution in [0.5, 0.6) is 5.75 Å². The highest BCUT2D eigenvalue weighted by molar-refractivity contribution is 5.87. The molecule has 0 spiro atoms. The molecule has 1 aliphatic heterocycles. The maximum atomic E-state index is 13.7. The Morgan fingerprint density at radius 3 is 2.22 bits per heavy atom. The molecule has 8 heteroatoms. The van der Waals surface area contributed by atoms with Crippen molar-refractivity contribution in [1.29, 1.82) is 0 Å². The van der Waals surface area contributed by atoms with E-state index >= 15 is 0 Å². The first kappa shape index (κ1) is 35.2. The molecule has 0 aliphatic carbocycles. The minimum Gasteiger partial charge on any atom is -0.491 e. The first-order chi connectivity index (χ1) is 21.6. The summed E-state index contributed by atoms with van der Waals surface area (Å²) in [6, 6.07) is 10.3. The third-order valence-corrected chi connectivity index (χ3v) is 8.55. The standard InChI is InChI=1S/C38H54N4O4/c1-25(2)45-36(43)35(46-37(6,7)8)32-28(5)39-24-30(33(32)42-19-17-38(9,10)18-20-42)29-15-16-31(40-23-29)41(11)21-22-44-34-26(3)13-12-14-27(34)4/h12-16,23-25,35H,17-22H2,1-11H3/t35-/m0/s1. The predicted molar refractivity (Wildman–Crippen MR) is 187 cm³/mol. The zero-order valence-corrected chi connectivity index (χ0v) is 29.9. The average molecular weight is 631 g/mol. The lowest BCUT2D eigenvalue weighted by Gasteiger charge is -2.41. The van der Waals surface area contributed by atoms with Crippen molar-refractivity contribution in [2.24, 2.45) is 5.41 Å². The Balaban J connectivity index is 1.69. The van der Waals surface area contributed by atoms with E-state index in [1.807, 2.05) is 73.1 Å². The summed E-state index contributed by atoms with van der Waals surface area (Å²) in [7, 11) is 2.03. The molecule has 0 amide bonds. The molecule has 0 unspecified atom stereocenters. The minimum absolute atomic E-state index is 0.256. The number of likely N-dealkylation sites (N-methyl/N-ethyl adjacent to an activating group) is 1. The van der Waals surface area contributed by atoms with Crippen LogP contribution in [0, 0.1) is 26.2 Å². The highest BCUT2D eigenvalue weighted by Crippen LogP contribution is 2.43. The Morgan fingerprint density at radius 1 is 1.00 bits per heavy atom. The number of pyridine rings is 2. The Bertz CT molecular complexity index is 1460. The number of nitrogens with zero attached hydrogens (tertiary/aromatic N) is 4. The number of aromatic nitrogens is 2. The fourth-order valence-electron chi connectivity index (χ4n) is 5.88. The lowest BCUT2D eigenvalue weighted by molar-refractivity contribution is -0.171.